The van der Waals surface area contributed by atoms with Crippen LogP contribution in [0.3, 0.4) is 0 Å². The Bertz CT molecular complexity index is 178. The van der Waals surface area contributed by atoms with Crippen molar-refractivity contribution in [2.24, 2.45) is 0 Å². The number of carbonyl (C=O) groups is 3. The van der Waals surface area contributed by atoms with Crippen LogP contribution in [-0.4, -0.2) is 28.7 Å². The molecule has 0 spiro atoms. The average Bonchev–Trinajstić information content (AvgIpc) is 1.58. The van der Waals surface area contributed by atoms with Gasteiger partial charge in [0.15, 0.2) is 0 Å². The van der Waals surface area contributed by atoms with Crippen LogP contribution in [0, 0.1) is 0 Å². The normalized spacial score (nSPS) is 5.71. The van der Waals surface area contributed by atoms with Gasteiger partial charge >= 0.3 is 224 Å². The minimum Gasteiger partial charge on any atom is -1.00 e. The molecule has 0 saturated carbocycles. The topological polar surface area (TPSA) is 110 Å². The summed E-state index contributed by atoms with van der Waals surface area (Å²) >= 11 is 0. The van der Waals surface area contributed by atoms with Crippen LogP contribution in [-0.2, 0) is 9.47 Å². The van der Waals surface area contributed by atoms with Gasteiger partial charge in [-0.3, -0.25) is 0 Å². The summed E-state index contributed by atoms with van der Waals surface area (Å²) in [4.78, 5) is 28.8. The Hall–Kier alpha value is 4.76. The monoisotopic (exact) mass is 310 g/mol. The van der Waals surface area contributed by atoms with Crippen molar-refractivity contribution in [1.82, 2.24) is 0 Å². The molecule has 11 heteroatoms. The molecule has 0 aromatic carbocycles. The van der Waals surface area contributed by atoms with E-state index in [1.165, 1.54) is 0 Å². The SMILES string of the molecule is O=C(O)OC(=O)OC(=O)O.[H-].[H-].[H-].[H-].[K+].[K+].[K+].[K+]. The van der Waals surface area contributed by atoms with Crippen LogP contribution in [0.4, 0.5) is 14.4 Å². The number of carboxylic acid groups (broad SMARTS) is 2. The molecule has 0 saturated heterocycles. The van der Waals surface area contributed by atoms with E-state index in [1.807, 2.05) is 0 Å². The van der Waals surface area contributed by atoms with Crippen LogP contribution in [0.2, 0.25) is 0 Å². The van der Waals surface area contributed by atoms with E-state index in [1.54, 1.807) is 0 Å². The Morgan fingerprint density at radius 1 is 0.786 bits per heavy atom. The Labute approximate surface area is 255 Å². The molecule has 0 atom stereocenters. The molecule has 0 bridgehead atoms. The minimum absolute atomic E-state index is 0. The maximum Gasteiger partial charge on any atom is 1.00 e. The summed E-state index contributed by atoms with van der Waals surface area (Å²) in [5, 5.41) is 15.4. The van der Waals surface area contributed by atoms with Gasteiger partial charge in [-0.25, -0.2) is 14.4 Å². The van der Waals surface area contributed by atoms with E-state index in [-0.39, 0.29) is 211 Å². The van der Waals surface area contributed by atoms with Gasteiger partial charge in [0.05, 0.1) is 0 Å². The summed E-state index contributed by atoms with van der Waals surface area (Å²) in [5.41, 5.74) is 0. The quantitative estimate of drug-likeness (QED) is 0.260. The first kappa shape index (κ1) is 31.2. The average molecular weight is 310 g/mol. The number of ether oxygens (including phenoxy) is 2. The van der Waals surface area contributed by atoms with Crippen LogP contribution < -0.4 is 206 Å². The fourth-order valence-corrected chi connectivity index (χ4v) is 0.163. The summed E-state index contributed by atoms with van der Waals surface area (Å²) in [6.45, 7) is 0. The zero-order valence-electron chi connectivity index (χ0n) is 12.4. The molecule has 14 heavy (non-hydrogen) atoms. The van der Waals surface area contributed by atoms with Crippen molar-refractivity contribution in [2.75, 3.05) is 0 Å². The third-order valence-electron chi connectivity index (χ3n) is 0.341. The van der Waals surface area contributed by atoms with Gasteiger partial charge in [0.2, 0.25) is 0 Å². The van der Waals surface area contributed by atoms with Gasteiger partial charge in [-0.05, 0) is 0 Å². The number of carbonyl (C=O) groups excluding carboxylic acids is 1. The van der Waals surface area contributed by atoms with Gasteiger partial charge < -0.3 is 25.4 Å². The largest absolute Gasteiger partial charge is 1.00 e. The second-order valence-electron chi connectivity index (χ2n) is 0.986. The van der Waals surface area contributed by atoms with E-state index in [9.17, 15) is 14.4 Å². The molecule has 0 aliphatic carbocycles. The van der Waals surface area contributed by atoms with Crippen LogP contribution in [0.1, 0.15) is 5.71 Å². The molecule has 0 aliphatic heterocycles. The van der Waals surface area contributed by atoms with Gasteiger partial charge in [-0.15, -0.1) is 0 Å². The maximum atomic E-state index is 9.86. The van der Waals surface area contributed by atoms with Crippen LogP contribution in [0.5, 0.6) is 0 Å². The Balaban J connectivity index is -0.0000000145. The van der Waals surface area contributed by atoms with Gasteiger partial charge in [0.1, 0.15) is 0 Å². The summed E-state index contributed by atoms with van der Waals surface area (Å²) in [6.07, 6.45) is -5.64. The maximum absolute atomic E-state index is 9.86. The predicted molar refractivity (Wildman–Crippen MR) is 28.1 cm³/mol. The first-order chi connectivity index (χ1) is 4.52. The van der Waals surface area contributed by atoms with Crippen molar-refractivity contribution in [3.8, 4) is 0 Å². The van der Waals surface area contributed by atoms with Gasteiger partial charge in [0, 0.05) is 0 Å². The Morgan fingerprint density at radius 3 is 1.14 bits per heavy atom. The van der Waals surface area contributed by atoms with E-state index in [0.717, 1.165) is 0 Å². The third-order valence-corrected chi connectivity index (χ3v) is 0.341. The number of rotatable bonds is 0. The fraction of sp³-hybridized carbons (Fsp3) is 0. The first-order valence-corrected chi connectivity index (χ1v) is 1.88. The smallest absolute Gasteiger partial charge is 1.00 e. The second-order valence-corrected chi connectivity index (χ2v) is 0.986. The molecule has 2 N–H and O–H groups in total. The first-order valence-electron chi connectivity index (χ1n) is 1.88. The van der Waals surface area contributed by atoms with Gasteiger partial charge in [-0.1, -0.05) is 0 Å². The molecular formula is C3H6K4O7. The molecule has 0 heterocycles. The summed E-state index contributed by atoms with van der Waals surface area (Å²) in [7, 11) is 0. The summed E-state index contributed by atoms with van der Waals surface area (Å²) in [6, 6.07) is 0. The minimum atomic E-state index is -1.92. The molecular weight excluding hydrogens is 304 g/mol. The number of hydrogen-bond acceptors (Lipinski definition) is 5. The van der Waals surface area contributed by atoms with Crippen LogP contribution in [0.15, 0.2) is 0 Å². The second kappa shape index (κ2) is 20.1. The molecule has 0 aliphatic rings. The fourth-order valence-electron chi connectivity index (χ4n) is 0.163. The predicted octanol–water partition coefficient (Wildman–Crippen LogP) is -11.0. The van der Waals surface area contributed by atoms with Crippen molar-refractivity contribution in [2.45, 2.75) is 0 Å². The van der Waals surface area contributed by atoms with E-state index >= 15 is 0 Å². The molecule has 0 amide bonds. The van der Waals surface area contributed by atoms with E-state index in [4.69, 9.17) is 10.2 Å². The molecule has 64 valence electrons. The summed E-state index contributed by atoms with van der Waals surface area (Å²) in [5.74, 6) is 0. The van der Waals surface area contributed by atoms with Crippen molar-refractivity contribution in [1.29, 1.82) is 0 Å². The van der Waals surface area contributed by atoms with Gasteiger partial charge in [0.25, 0.3) is 0 Å². The van der Waals surface area contributed by atoms with E-state index in [2.05, 4.69) is 9.47 Å². The third kappa shape index (κ3) is 25.6. The van der Waals surface area contributed by atoms with Gasteiger partial charge in [-0.2, -0.15) is 0 Å². The molecule has 0 fully saturated rings. The van der Waals surface area contributed by atoms with Crippen molar-refractivity contribution >= 4 is 18.5 Å². The van der Waals surface area contributed by atoms with Crippen molar-refractivity contribution < 1.29 is 245 Å². The van der Waals surface area contributed by atoms with Crippen LogP contribution >= 0.6 is 0 Å². The zero-order chi connectivity index (χ0) is 8.15. The van der Waals surface area contributed by atoms with E-state index < -0.39 is 18.5 Å². The molecule has 0 aromatic rings. The standard InChI is InChI=1S/C3H2O7.4K.4H/c4-1(5)9-3(8)10-2(6)7;;;;;;;;/h(H,4,5)(H,6,7);;;;;;;;/q;4*+1;4*-1. The molecule has 0 rings (SSSR count). The number of hydrogen-bond donors (Lipinski definition) is 2. The molecule has 0 unspecified atom stereocenters. The Morgan fingerprint density at radius 2 is 1.00 bits per heavy atom. The van der Waals surface area contributed by atoms with Crippen molar-refractivity contribution in [3.05, 3.63) is 0 Å². The molecule has 0 radical (unpaired) electrons. The van der Waals surface area contributed by atoms with Crippen LogP contribution in [0.25, 0.3) is 0 Å². The molecule has 7 nitrogen and oxygen atoms in total. The molecule has 0 aromatic heterocycles. The van der Waals surface area contributed by atoms with Crippen molar-refractivity contribution in [3.63, 3.8) is 0 Å². The summed E-state index contributed by atoms with van der Waals surface area (Å²) < 4.78 is 6.47. The zero-order valence-corrected chi connectivity index (χ0v) is 20.9. The van der Waals surface area contributed by atoms with E-state index in [0.29, 0.717) is 0 Å². The Kier molecular flexibility index (Phi) is 44.8.